The molecular weight excluding hydrogens is 645 g/mol. The molecule has 0 saturated heterocycles. The van der Waals surface area contributed by atoms with Gasteiger partial charge in [0, 0.05) is 11.1 Å². The number of hydrogen-bond donors (Lipinski definition) is 2. The predicted molar refractivity (Wildman–Crippen MR) is 219 cm³/mol. The number of carbonyl (C=O) groups is 2. The summed E-state index contributed by atoms with van der Waals surface area (Å²) in [6, 6.07) is 14.2. The summed E-state index contributed by atoms with van der Waals surface area (Å²) in [4.78, 5) is 25.5. The third kappa shape index (κ3) is 24.3. The van der Waals surface area contributed by atoms with E-state index in [9.17, 15) is 9.59 Å². The summed E-state index contributed by atoms with van der Waals surface area (Å²) in [7, 11) is 0. The normalized spacial score (nSPS) is 11.0. The molecule has 2 N–H and O–H groups in total. The van der Waals surface area contributed by atoms with E-state index >= 15 is 0 Å². The molecule has 2 aromatic carbocycles. The first-order valence-electron chi connectivity index (χ1n) is 21.7. The summed E-state index contributed by atoms with van der Waals surface area (Å²) in [6.07, 6.45) is 37.1. The quantitative estimate of drug-likeness (QED) is 0.0557. The summed E-state index contributed by atoms with van der Waals surface area (Å²) in [5.41, 5.74) is 5.93. The topological polar surface area (TPSA) is 76.7 Å². The number of amides is 2. The number of ether oxygens (including phenoxy) is 2. The van der Waals surface area contributed by atoms with Crippen LogP contribution in [0, 0.1) is 0 Å². The van der Waals surface area contributed by atoms with Crippen LogP contribution in [-0.4, -0.2) is 25.0 Å². The molecule has 0 spiro atoms. The summed E-state index contributed by atoms with van der Waals surface area (Å²) in [5.74, 6) is 0.552. The van der Waals surface area contributed by atoms with Gasteiger partial charge in [-0.2, -0.15) is 0 Å². The van der Waals surface area contributed by atoms with Gasteiger partial charge in [-0.15, -0.1) is 0 Å². The highest BCUT2D eigenvalue weighted by Crippen LogP contribution is 2.18. The van der Waals surface area contributed by atoms with E-state index in [-0.39, 0.29) is 11.8 Å². The maximum absolute atomic E-state index is 12.8. The van der Waals surface area contributed by atoms with Crippen molar-refractivity contribution in [2.24, 2.45) is 0 Å². The maximum Gasteiger partial charge on any atom is 0.269 e. The second-order valence-electron chi connectivity index (χ2n) is 14.9. The van der Waals surface area contributed by atoms with E-state index in [0.29, 0.717) is 35.8 Å². The van der Waals surface area contributed by atoms with Crippen LogP contribution in [0.4, 0.5) is 0 Å². The molecule has 52 heavy (non-hydrogen) atoms. The molecule has 2 amide bonds. The lowest BCUT2D eigenvalue weighted by Crippen LogP contribution is -2.41. The molecule has 6 nitrogen and oxygen atoms in total. The van der Waals surface area contributed by atoms with E-state index in [1.54, 1.807) is 36.4 Å². The SMILES string of the molecule is CCCCCCCCCCCCCCCCOc1cccc(C(=O)NNC(=O)c2cccc(OCCCCCCCCCCCCCCCC)c2)c1. The number of hydrogen-bond acceptors (Lipinski definition) is 4. The van der Waals surface area contributed by atoms with Gasteiger partial charge in [-0.25, -0.2) is 0 Å². The van der Waals surface area contributed by atoms with Crippen molar-refractivity contribution in [2.75, 3.05) is 13.2 Å². The molecule has 0 atom stereocenters. The Kier molecular flexibility index (Phi) is 28.3. The Morgan fingerprint density at radius 1 is 0.404 bits per heavy atom. The van der Waals surface area contributed by atoms with Crippen molar-refractivity contribution in [1.82, 2.24) is 10.9 Å². The van der Waals surface area contributed by atoms with Gasteiger partial charge in [-0.3, -0.25) is 20.4 Å². The minimum atomic E-state index is -0.388. The van der Waals surface area contributed by atoms with Crippen LogP contribution in [0.5, 0.6) is 11.5 Å². The van der Waals surface area contributed by atoms with Gasteiger partial charge in [0.05, 0.1) is 13.2 Å². The molecule has 0 fully saturated rings. The Hall–Kier alpha value is -3.02. The molecule has 2 aromatic rings. The highest BCUT2D eigenvalue weighted by Gasteiger charge is 2.11. The van der Waals surface area contributed by atoms with Gasteiger partial charge >= 0.3 is 0 Å². The predicted octanol–water partition coefficient (Wildman–Crippen LogP) is 13.5. The zero-order chi connectivity index (χ0) is 37.2. The lowest BCUT2D eigenvalue weighted by Gasteiger charge is -2.11. The number of benzene rings is 2. The van der Waals surface area contributed by atoms with Crippen LogP contribution in [0.3, 0.4) is 0 Å². The van der Waals surface area contributed by atoms with Crippen LogP contribution in [0.25, 0.3) is 0 Å². The first-order valence-corrected chi connectivity index (χ1v) is 21.7. The molecular formula is C46H76N2O4. The molecule has 0 aliphatic carbocycles. The lowest BCUT2D eigenvalue weighted by atomic mass is 10.0. The molecule has 0 aromatic heterocycles. The van der Waals surface area contributed by atoms with Crippen molar-refractivity contribution in [3.05, 3.63) is 59.7 Å². The van der Waals surface area contributed by atoms with Crippen molar-refractivity contribution < 1.29 is 19.1 Å². The van der Waals surface area contributed by atoms with Crippen LogP contribution < -0.4 is 20.3 Å². The lowest BCUT2D eigenvalue weighted by molar-refractivity contribution is 0.0846. The van der Waals surface area contributed by atoms with Crippen LogP contribution in [0.2, 0.25) is 0 Å². The average molecular weight is 721 g/mol. The zero-order valence-corrected chi connectivity index (χ0v) is 33.5. The summed E-state index contributed by atoms with van der Waals surface area (Å²) >= 11 is 0. The summed E-state index contributed by atoms with van der Waals surface area (Å²) < 4.78 is 11.8. The molecule has 0 saturated carbocycles. The summed E-state index contributed by atoms with van der Waals surface area (Å²) in [6.45, 7) is 5.82. The zero-order valence-electron chi connectivity index (χ0n) is 33.5. The molecule has 6 heteroatoms. The molecule has 294 valence electrons. The van der Waals surface area contributed by atoms with Crippen molar-refractivity contribution >= 4 is 11.8 Å². The Bertz CT molecular complexity index is 1060. The van der Waals surface area contributed by atoms with Gasteiger partial charge in [0.1, 0.15) is 11.5 Å². The minimum absolute atomic E-state index is 0.388. The molecule has 0 unspecified atom stereocenters. The van der Waals surface area contributed by atoms with Gasteiger partial charge in [0.25, 0.3) is 11.8 Å². The maximum atomic E-state index is 12.8. The minimum Gasteiger partial charge on any atom is -0.494 e. The second-order valence-corrected chi connectivity index (χ2v) is 14.9. The van der Waals surface area contributed by atoms with E-state index in [2.05, 4.69) is 24.7 Å². The fourth-order valence-corrected chi connectivity index (χ4v) is 6.69. The van der Waals surface area contributed by atoms with Crippen molar-refractivity contribution in [3.63, 3.8) is 0 Å². The first-order chi connectivity index (χ1) is 25.6. The van der Waals surface area contributed by atoms with E-state index in [0.717, 1.165) is 25.7 Å². The van der Waals surface area contributed by atoms with E-state index in [1.807, 2.05) is 12.1 Å². The molecule has 0 radical (unpaired) electrons. The van der Waals surface area contributed by atoms with E-state index in [1.165, 1.54) is 154 Å². The van der Waals surface area contributed by atoms with Gasteiger partial charge in [0.2, 0.25) is 0 Å². The number of rotatable bonds is 34. The number of nitrogens with one attached hydrogen (secondary N) is 2. The fourth-order valence-electron chi connectivity index (χ4n) is 6.69. The highest BCUT2D eigenvalue weighted by atomic mass is 16.5. The van der Waals surface area contributed by atoms with Crippen LogP contribution >= 0.6 is 0 Å². The first kappa shape index (κ1) is 45.1. The highest BCUT2D eigenvalue weighted by molar-refractivity contribution is 5.99. The molecule has 0 aliphatic heterocycles. The van der Waals surface area contributed by atoms with E-state index < -0.39 is 0 Å². The Morgan fingerprint density at radius 2 is 0.673 bits per heavy atom. The third-order valence-electron chi connectivity index (χ3n) is 10.0. The number of carbonyl (C=O) groups excluding carboxylic acids is 2. The van der Waals surface area contributed by atoms with Crippen molar-refractivity contribution in [1.29, 1.82) is 0 Å². The number of hydrazine groups is 1. The van der Waals surface area contributed by atoms with Crippen LogP contribution in [-0.2, 0) is 0 Å². The Balaban J connectivity index is 1.50. The molecule has 0 aliphatic rings. The molecule has 0 heterocycles. The van der Waals surface area contributed by atoms with Crippen molar-refractivity contribution in [2.45, 2.75) is 194 Å². The smallest absolute Gasteiger partial charge is 0.269 e. The van der Waals surface area contributed by atoms with Crippen molar-refractivity contribution in [3.8, 4) is 11.5 Å². The largest absolute Gasteiger partial charge is 0.494 e. The van der Waals surface area contributed by atoms with Gasteiger partial charge in [0.15, 0.2) is 0 Å². The van der Waals surface area contributed by atoms with Gasteiger partial charge < -0.3 is 9.47 Å². The monoisotopic (exact) mass is 721 g/mol. The summed E-state index contributed by atoms with van der Waals surface area (Å²) in [5, 5.41) is 0. The third-order valence-corrected chi connectivity index (χ3v) is 10.0. The molecule has 2 rings (SSSR count). The Morgan fingerprint density at radius 3 is 0.962 bits per heavy atom. The van der Waals surface area contributed by atoms with Crippen LogP contribution in [0.15, 0.2) is 48.5 Å². The van der Waals surface area contributed by atoms with Gasteiger partial charge in [-0.1, -0.05) is 193 Å². The van der Waals surface area contributed by atoms with Crippen LogP contribution in [0.1, 0.15) is 214 Å². The Labute approximate surface area is 319 Å². The van der Waals surface area contributed by atoms with E-state index in [4.69, 9.17) is 9.47 Å². The van der Waals surface area contributed by atoms with Gasteiger partial charge in [-0.05, 0) is 49.2 Å². The average Bonchev–Trinajstić information content (AvgIpc) is 3.17. The standard InChI is InChI=1S/C46H76N2O4/c1-3-5-7-9-11-13-15-17-19-21-23-25-27-29-37-51-43-35-31-33-41(39-43)45(49)47-48-46(50)42-34-32-36-44(40-42)52-38-30-28-26-24-22-20-18-16-14-12-10-8-6-4-2/h31-36,39-40H,3-30,37-38H2,1-2H3,(H,47,49)(H,48,50). The second kappa shape index (κ2) is 32.6. The fraction of sp³-hybridized carbons (Fsp3) is 0.696. The number of unbranched alkanes of at least 4 members (excludes halogenated alkanes) is 26. The molecule has 0 bridgehead atoms.